The highest BCUT2D eigenvalue weighted by atomic mass is 19.2. The number of benzene rings is 1. The summed E-state index contributed by atoms with van der Waals surface area (Å²) < 4.78 is 26.5. The summed E-state index contributed by atoms with van der Waals surface area (Å²) in [5, 5.41) is 9.38. The molecule has 5 heteroatoms. The molecule has 2 fully saturated rings. The van der Waals surface area contributed by atoms with E-state index in [2.05, 4.69) is 9.80 Å². The molecule has 0 amide bonds. The second-order valence-electron chi connectivity index (χ2n) is 6.82. The van der Waals surface area contributed by atoms with Crippen LogP contribution in [0, 0.1) is 11.6 Å². The summed E-state index contributed by atoms with van der Waals surface area (Å²) in [6, 6.07) is 5.11. The van der Waals surface area contributed by atoms with Crippen LogP contribution in [0.25, 0.3) is 0 Å². The van der Waals surface area contributed by atoms with Gasteiger partial charge in [0.2, 0.25) is 0 Å². The van der Waals surface area contributed by atoms with Crippen LogP contribution < -0.4 is 0 Å². The van der Waals surface area contributed by atoms with E-state index < -0.39 is 11.6 Å². The molecule has 1 aliphatic carbocycles. The molecule has 1 saturated heterocycles. The Kier molecular flexibility index (Phi) is 5.62. The first kappa shape index (κ1) is 16.8. The molecule has 1 heterocycles. The molecule has 1 saturated carbocycles. The SMILES string of the molecule is OCCC1CN(C2CCCC2)CCN1Cc1ccc(F)c(F)c1. The molecular weight excluding hydrogens is 298 g/mol. The number of aliphatic hydroxyl groups is 1. The Morgan fingerprint density at radius 2 is 1.87 bits per heavy atom. The Hall–Kier alpha value is -1.04. The summed E-state index contributed by atoms with van der Waals surface area (Å²) >= 11 is 0. The van der Waals surface area contributed by atoms with Crippen molar-refractivity contribution in [3.63, 3.8) is 0 Å². The third-order valence-electron chi connectivity index (χ3n) is 5.31. The van der Waals surface area contributed by atoms with Crippen LogP contribution in [0.3, 0.4) is 0 Å². The largest absolute Gasteiger partial charge is 0.396 e. The van der Waals surface area contributed by atoms with Crippen molar-refractivity contribution in [1.82, 2.24) is 9.80 Å². The average molecular weight is 324 g/mol. The van der Waals surface area contributed by atoms with Gasteiger partial charge in [0.25, 0.3) is 0 Å². The van der Waals surface area contributed by atoms with Crippen molar-refractivity contribution < 1.29 is 13.9 Å². The smallest absolute Gasteiger partial charge is 0.159 e. The number of halogens is 2. The fourth-order valence-corrected chi connectivity index (χ4v) is 4.02. The number of rotatable bonds is 5. The Balaban J connectivity index is 1.64. The van der Waals surface area contributed by atoms with E-state index in [0.717, 1.165) is 31.6 Å². The van der Waals surface area contributed by atoms with Crippen molar-refractivity contribution in [2.24, 2.45) is 0 Å². The Morgan fingerprint density at radius 3 is 2.57 bits per heavy atom. The van der Waals surface area contributed by atoms with Gasteiger partial charge in [0.15, 0.2) is 11.6 Å². The van der Waals surface area contributed by atoms with E-state index in [0.29, 0.717) is 12.6 Å². The van der Waals surface area contributed by atoms with Crippen LogP contribution in [0.2, 0.25) is 0 Å². The first-order chi connectivity index (χ1) is 11.2. The molecule has 2 aliphatic rings. The maximum absolute atomic E-state index is 13.4. The molecule has 1 aromatic carbocycles. The van der Waals surface area contributed by atoms with E-state index in [1.165, 1.54) is 37.8 Å². The molecule has 3 rings (SSSR count). The van der Waals surface area contributed by atoms with Crippen LogP contribution in [0.1, 0.15) is 37.7 Å². The fourth-order valence-electron chi connectivity index (χ4n) is 4.02. The summed E-state index contributed by atoms with van der Waals surface area (Å²) in [6.45, 7) is 3.68. The molecule has 128 valence electrons. The summed E-state index contributed by atoms with van der Waals surface area (Å²) in [6.07, 6.45) is 5.95. The lowest BCUT2D eigenvalue weighted by molar-refractivity contribution is 0.0326. The van der Waals surface area contributed by atoms with E-state index in [1.54, 1.807) is 6.07 Å². The molecule has 0 aromatic heterocycles. The van der Waals surface area contributed by atoms with Gasteiger partial charge in [-0.25, -0.2) is 8.78 Å². The van der Waals surface area contributed by atoms with Gasteiger partial charge in [-0.2, -0.15) is 0 Å². The second-order valence-corrected chi connectivity index (χ2v) is 6.82. The summed E-state index contributed by atoms with van der Waals surface area (Å²) in [4.78, 5) is 4.86. The minimum atomic E-state index is -0.799. The van der Waals surface area contributed by atoms with Gasteiger partial charge >= 0.3 is 0 Å². The van der Waals surface area contributed by atoms with E-state index in [9.17, 15) is 13.9 Å². The van der Waals surface area contributed by atoms with Gasteiger partial charge in [0.05, 0.1) is 0 Å². The molecule has 23 heavy (non-hydrogen) atoms. The molecule has 1 N–H and O–H groups in total. The monoisotopic (exact) mass is 324 g/mol. The van der Waals surface area contributed by atoms with Crippen LogP contribution in [0.15, 0.2) is 18.2 Å². The lowest BCUT2D eigenvalue weighted by atomic mass is 10.0. The third-order valence-corrected chi connectivity index (χ3v) is 5.31. The van der Waals surface area contributed by atoms with Crippen molar-refractivity contribution in [3.05, 3.63) is 35.4 Å². The molecule has 1 aliphatic heterocycles. The quantitative estimate of drug-likeness (QED) is 0.902. The lowest BCUT2D eigenvalue weighted by Crippen LogP contribution is -2.55. The van der Waals surface area contributed by atoms with Crippen LogP contribution in [-0.4, -0.2) is 53.2 Å². The van der Waals surface area contributed by atoms with E-state index in [4.69, 9.17) is 0 Å². The Labute approximate surface area is 136 Å². The van der Waals surface area contributed by atoms with Crippen LogP contribution in [0.5, 0.6) is 0 Å². The number of hydrogen-bond acceptors (Lipinski definition) is 3. The number of piperazine rings is 1. The van der Waals surface area contributed by atoms with Gasteiger partial charge in [0, 0.05) is 44.9 Å². The average Bonchev–Trinajstić information content (AvgIpc) is 3.07. The maximum Gasteiger partial charge on any atom is 0.159 e. The summed E-state index contributed by atoms with van der Waals surface area (Å²) in [5.74, 6) is -1.59. The Bertz CT molecular complexity index is 520. The van der Waals surface area contributed by atoms with Gasteiger partial charge in [-0.3, -0.25) is 9.80 Å². The van der Waals surface area contributed by atoms with Crippen LogP contribution in [0.4, 0.5) is 8.78 Å². The van der Waals surface area contributed by atoms with Crippen LogP contribution >= 0.6 is 0 Å². The van der Waals surface area contributed by atoms with Crippen molar-refractivity contribution in [2.45, 2.75) is 50.7 Å². The zero-order valence-corrected chi connectivity index (χ0v) is 13.6. The lowest BCUT2D eigenvalue weighted by Gasteiger charge is -2.44. The van der Waals surface area contributed by atoms with Crippen molar-refractivity contribution in [2.75, 3.05) is 26.2 Å². The van der Waals surface area contributed by atoms with Gasteiger partial charge in [0.1, 0.15) is 0 Å². The van der Waals surface area contributed by atoms with Crippen molar-refractivity contribution in [3.8, 4) is 0 Å². The number of hydrogen-bond donors (Lipinski definition) is 1. The van der Waals surface area contributed by atoms with Crippen molar-refractivity contribution >= 4 is 0 Å². The molecular formula is C18H26F2N2O. The Morgan fingerprint density at radius 1 is 1.09 bits per heavy atom. The maximum atomic E-state index is 13.4. The predicted molar refractivity (Wildman–Crippen MR) is 86.1 cm³/mol. The van der Waals surface area contributed by atoms with Gasteiger partial charge in [-0.15, -0.1) is 0 Å². The van der Waals surface area contributed by atoms with Gasteiger partial charge in [-0.05, 0) is 37.0 Å². The highest BCUT2D eigenvalue weighted by molar-refractivity contribution is 5.18. The minimum absolute atomic E-state index is 0.164. The summed E-state index contributed by atoms with van der Waals surface area (Å²) in [5.41, 5.74) is 0.793. The third kappa shape index (κ3) is 4.08. The van der Waals surface area contributed by atoms with Gasteiger partial charge < -0.3 is 5.11 Å². The fraction of sp³-hybridized carbons (Fsp3) is 0.667. The molecule has 3 nitrogen and oxygen atoms in total. The molecule has 1 aromatic rings. The molecule has 0 radical (unpaired) electrons. The topological polar surface area (TPSA) is 26.7 Å². The second kappa shape index (κ2) is 7.69. The highest BCUT2D eigenvalue weighted by Crippen LogP contribution is 2.27. The standard InChI is InChI=1S/C18H26F2N2O/c19-17-6-5-14(11-18(17)20)12-21-8-9-22(13-16(21)7-10-23)15-3-1-2-4-15/h5-6,11,15-16,23H,1-4,7-10,12-13H2. The molecule has 1 atom stereocenters. The molecule has 1 unspecified atom stereocenters. The zero-order valence-electron chi connectivity index (χ0n) is 13.6. The summed E-state index contributed by atoms with van der Waals surface area (Å²) in [7, 11) is 0. The van der Waals surface area contributed by atoms with Gasteiger partial charge in [-0.1, -0.05) is 18.9 Å². The first-order valence-corrected chi connectivity index (χ1v) is 8.70. The normalized spacial score (nSPS) is 24.4. The molecule has 0 bridgehead atoms. The van der Waals surface area contributed by atoms with Crippen molar-refractivity contribution in [1.29, 1.82) is 0 Å². The molecule has 0 spiro atoms. The number of aliphatic hydroxyl groups excluding tert-OH is 1. The van der Waals surface area contributed by atoms with E-state index in [-0.39, 0.29) is 12.6 Å². The van der Waals surface area contributed by atoms with E-state index >= 15 is 0 Å². The number of nitrogens with zero attached hydrogens (tertiary/aromatic N) is 2. The highest BCUT2D eigenvalue weighted by Gasteiger charge is 2.31. The first-order valence-electron chi connectivity index (χ1n) is 8.70. The zero-order chi connectivity index (χ0) is 16.2. The van der Waals surface area contributed by atoms with E-state index in [1.807, 2.05) is 0 Å². The predicted octanol–water partition coefficient (Wildman–Crippen LogP) is 2.78. The minimum Gasteiger partial charge on any atom is -0.396 e. The van der Waals surface area contributed by atoms with Crippen LogP contribution in [-0.2, 0) is 6.54 Å².